The van der Waals surface area contributed by atoms with Crippen LogP contribution in [0.2, 0.25) is 0 Å². The Morgan fingerprint density at radius 1 is 1.23 bits per heavy atom. The number of rotatable bonds is 8. The third-order valence-electron chi connectivity index (χ3n) is 3.10. The first-order chi connectivity index (χ1) is 10.1. The number of nitrogens with one attached hydrogen (secondary N) is 1. The van der Waals surface area contributed by atoms with E-state index in [0.29, 0.717) is 5.56 Å². The predicted octanol–water partition coefficient (Wildman–Crippen LogP) is 1.29. The third kappa shape index (κ3) is 5.12. The fourth-order valence-corrected chi connectivity index (χ4v) is 3.49. The van der Waals surface area contributed by atoms with E-state index >= 15 is 0 Å². The van der Waals surface area contributed by atoms with E-state index in [1.165, 1.54) is 6.07 Å². The second-order valence-corrected chi connectivity index (χ2v) is 6.75. The van der Waals surface area contributed by atoms with Gasteiger partial charge in [0.1, 0.15) is 6.04 Å². The number of hydrogen-bond donors (Lipinski definition) is 3. The summed E-state index contributed by atoms with van der Waals surface area (Å²) in [4.78, 5) is 21.6. The molecule has 122 valence electrons. The first kappa shape index (κ1) is 18.1. The fourth-order valence-electron chi connectivity index (χ4n) is 2.04. The second-order valence-electron chi connectivity index (χ2n) is 5.07. The smallest absolute Gasteiger partial charge is 0.321 e. The van der Waals surface area contributed by atoms with E-state index in [9.17, 15) is 18.0 Å². The molecule has 1 atom stereocenters. The van der Waals surface area contributed by atoms with Crippen LogP contribution in [0.5, 0.6) is 0 Å². The first-order valence-electron chi connectivity index (χ1n) is 6.67. The summed E-state index contributed by atoms with van der Waals surface area (Å²) in [5.74, 6) is -2.39. The lowest BCUT2D eigenvalue weighted by Gasteiger charge is -2.15. The molecule has 0 spiro atoms. The van der Waals surface area contributed by atoms with Gasteiger partial charge in [0.25, 0.3) is 0 Å². The summed E-state index contributed by atoms with van der Waals surface area (Å²) < 4.78 is 26.7. The molecule has 7 nitrogen and oxygen atoms in total. The average Bonchev–Trinajstić information content (AvgIpc) is 2.36. The van der Waals surface area contributed by atoms with Crippen LogP contribution in [-0.2, 0) is 19.6 Å². The highest BCUT2D eigenvalue weighted by molar-refractivity contribution is 7.89. The quantitative estimate of drug-likeness (QED) is 0.661. The van der Waals surface area contributed by atoms with Crippen LogP contribution in [0.4, 0.5) is 0 Å². The maximum Gasteiger partial charge on any atom is 0.321 e. The summed E-state index contributed by atoms with van der Waals surface area (Å²) in [6, 6.07) is 3.38. The highest BCUT2D eigenvalue weighted by Crippen LogP contribution is 2.17. The molecule has 0 fully saturated rings. The normalized spacial score (nSPS) is 12.8. The standard InChI is InChI=1S/C14H19NO6S/c1-9-6-7-12(10(2)8-9)22(20,21)15-11(14(18)19)4-3-5-13(16)17/h6-8,11,15H,3-5H2,1-2H3,(H,16,17)(H,18,19). The minimum atomic E-state index is -3.98. The van der Waals surface area contributed by atoms with Crippen molar-refractivity contribution in [3.63, 3.8) is 0 Å². The van der Waals surface area contributed by atoms with Crippen LogP contribution < -0.4 is 4.72 Å². The van der Waals surface area contributed by atoms with Gasteiger partial charge in [0.2, 0.25) is 10.0 Å². The van der Waals surface area contributed by atoms with Crippen molar-refractivity contribution in [2.75, 3.05) is 0 Å². The number of carboxylic acid groups (broad SMARTS) is 2. The molecule has 1 unspecified atom stereocenters. The van der Waals surface area contributed by atoms with Crippen LogP contribution in [0.25, 0.3) is 0 Å². The number of hydrogen-bond acceptors (Lipinski definition) is 4. The van der Waals surface area contributed by atoms with Gasteiger partial charge in [-0.1, -0.05) is 17.7 Å². The maximum absolute atomic E-state index is 12.3. The van der Waals surface area contributed by atoms with Gasteiger partial charge < -0.3 is 10.2 Å². The Balaban J connectivity index is 2.91. The van der Waals surface area contributed by atoms with Crippen molar-refractivity contribution in [1.82, 2.24) is 4.72 Å². The van der Waals surface area contributed by atoms with E-state index in [1.54, 1.807) is 19.1 Å². The summed E-state index contributed by atoms with van der Waals surface area (Å²) >= 11 is 0. The molecule has 0 heterocycles. The van der Waals surface area contributed by atoms with E-state index in [-0.39, 0.29) is 24.2 Å². The van der Waals surface area contributed by atoms with E-state index in [1.807, 2.05) is 6.92 Å². The number of aryl methyl sites for hydroxylation is 2. The lowest BCUT2D eigenvalue weighted by Crippen LogP contribution is -2.41. The van der Waals surface area contributed by atoms with Gasteiger partial charge in [0.15, 0.2) is 0 Å². The van der Waals surface area contributed by atoms with Crippen molar-refractivity contribution in [2.24, 2.45) is 0 Å². The van der Waals surface area contributed by atoms with Gasteiger partial charge in [-0.05, 0) is 38.3 Å². The second kappa shape index (κ2) is 7.37. The lowest BCUT2D eigenvalue weighted by atomic mass is 10.1. The van der Waals surface area contributed by atoms with E-state index in [0.717, 1.165) is 5.56 Å². The minimum Gasteiger partial charge on any atom is -0.481 e. The molecule has 0 bridgehead atoms. The van der Waals surface area contributed by atoms with E-state index < -0.39 is 28.0 Å². The molecule has 0 aliphatic carbocycles. The first-order valence-corrected chi connectivity index (χ1v) is 8.16. The molecule has 22 heavy (non-hydrogen) atoms. The molecule has 0 aliphatic rings. The van der Waals surface area contributed by atoms with E-state index in [4.69, 9.17) is 10.2 Å². The van der Waals surface area contributed by atoms with Crippen LogP contribution in [0, 0.1) is 13.8 Å². The van der Waals surface area contributed by atoms with Crippen LogP contribution >= 0.6 is 0 Å². The Morgan fingerprint density at radius 2 is 1.86 bits per heavy atom. The Kier molecular flexibility index (Phi) is 6.07. The van der Waals surface area contributed by atoms with Crippen molar-refractivity contribution in [3.05, 3.63) is 29.3 Å². The summed E-state index contributed by atoms with van der Waals surface area (Å²) in [7, 11) is -3.98. The van der Waals surface area contributed by atoms with Gasteiger partial charge >= 0.3 is 11.9 Å². The topological polar surface area (TPSA) is 121 Å². The summed E-state index contributed by atoms with van der Waals surface area (Å²) in [5, 5.41) is 17.6. The van der Waals surface area contributed by atoms with Crippen LogP contribution in [-0.4, -0.2) is 36.6 Å². The van der Waals surface area contributed by atoms with Gasteiger partial charge in [-0.15, -0.1) is 0 Å². The highest BCUT2D eigenvalue weighted by atomic mass is 32.2. The van der Waals surface area contributed by atoms with Crippen LogP contribution in [0.1, 0.15) is 30.4 Å². The van der Waals surface area contributed by atoms with Crippen LogP contribution in [0.15, 0.2) is 23.1 Å². The summed E-state index contributed by atoms with van der Waals surface area (Å²) in [6.45, 7) is 3.45. The van der Waals surface area contributed by atoms with Gasteiger partial charge in [-0.25, -0.2) is 8.42 Å². The van der Waals surface area contributed by atoms with Gasteiger partial charge in [0, 0.05) is 6.42 Å². The summed E-state index contributed by atoms with van der Waals surface area (Å²) in [6.07, 6.45) is -0.234. The Labute approximate surface area is 129 Å². The third-order valence-corrected chi connectivity index (χ3v) is 4.73. The fraction of sp³-hybridized carbons (Fsp3) is 0.429. The monoisotopic (exact) mass is 329 g/mol. The van der Waals surface area contributed by atoms with Gasteiger partial charge in [-0.2, -0.15) is 4.72 Å². The average molecular weight is 329 g/mol. The SMILES string of the molecule is Cc1ccc(S(=O)(=O)NC(CCCC(=O)O)C(=O)O)c(C)c1. The molecule has 0 aliphatic heterocycles. The highest BCUT2D eigenvalue weighted by Gasteiger charge is 2.26. The largest absolute Gasteiger partial charge is 0.481 e. The molecule has 1 rings (SSSR count). The maximum atomic E-state index is 12.3. The van der Waals surface area contributed by atoms with Gasteiger partial charge in [0.05, 0.1) is 4.90 Å². The van der Waals surface area contributed by atoms with E-state index in [2.05, 4.69) is 4.72 Å². The van der Waals surface area contributed by atoms with Crippen molar-refractivity contribution in [2.45, 2.75) is 44.0 Å². The molecular formula is C14H19NO6S. The van der Waals surface area contributed by atoms with Crippen LogP contribution in [0.3, 0.4) is 0 Å². The number of benzene rings is 1. The van der Waals surface area contributed by atoms with Crippen molar-refractivity contribution < 1.29 is 28.2 Å². The Hall–Kier alpha value is -1.93. The lowest BCUT2D eigenvalue weighted by molar-refractivity contribution is -0.140. The molecule has 0 saturated carbocycles. The molecular weight excluding hydrogens is 310 g/mol. The molecule has 3 N–H and O–H groups in total. The van der Waals surface area contributed by atoms with Gasteiger partial charge in [-0.3, -0.25) is 9.59 Å². The molecule has 1 aromatic carbocycles. The minimum absolute atomic E-state index is 0.0163. The zero-order valence-electron chi connectivity index (χ0n) is 12.4. The number of carboxylic acids is 2. The number of aliphatic carboxylic acids is 2. The zero-order chi connectivity index (χ0) is 16.9. The summed E-state index contributed by atoms with van der Waals surface area (Å²) in [5.41, 5.74) is 1.41. The molecule has 8 heteroatoms. The van der Waals surface area contributed by atoms with Crippen molar-refractivity contribution in [3.8, 4) is 0 Å². The predicted molar refractivity (Wildman–Crippen MR) is 79.1 cm³/mol. The molecule has 0 aromatic heterocycles. The Bertz CT molecular complexity index is 668. The van der Waals surface area contributed by atoms with Crippen molar-refractivity contribution >= 4 is 22.0 Å². The number of carbonyl (C=O) groups is 2. The number of sulfonamides is 1. The molecule has 1 aromatic rings. The molecule has 0 amide bonds. The van der Waals surface area contributed by atoms with Crippen molar-refractivity contribution in [1.29, 1.82) is 0 Å². The molecule has 0 radical (unpaired) electrons. The zero-order valence-corrected chi connectivity index (χ0v) is 13.2. The molecule has 0 saturated heterocycles. The Morgan fingerprint density at radius 3 is 2.36 bits per heavy atom.